The molecule has 2 rings (SSSR count). The number of para-hydroxylation sites is 1. The van der Waals surface area contributed by atoms with Crippen molar-refractivity contribution in [2.75, 3.05) is 0 Å². The summed E-state index contributed by atoms with van der Waals surface area (Å²) in [6.07, 6.45) is -4.74. The Bertz CT molecular complexity index is 482. The number of rotatable bonds is 2. The van der Waals surface area contributed by atoms with Crippen LogP contribution in [0.1, 0.15) is 39.4 Å². The maximum atomic E-state index is 12.7. The molecule has 19 heavy (non-hydrogen) atoms. The fourth-order valence-corrected chi connectivity index (χ4v) is 1.82. The Morgan fingerprint density at radius 1 is 1.21 bits per heavy atom. The van der Waals surface area contributed by atoms with E-state index in [-0.39, 0.29) is 16.7 Å². The van der Waals surface area contributed by atoms with E-state index in [1.807, 2.05) is 20.8 Å². The Morgan fingerprint density at radius 3 is 2.37 bits per heavy atom. The molecule has 0 aromatic heterocycles. The molecule has 0 unspecified atom stereocenters. The van der Waals surface area contributed by atoms with Crippen LogP contribution in [0.4, 0.5) is 8.78 Å². The molecule has 1 aromatic rings. The number of hydrogen-bond acceptors (Lipinski definition) is 3. The zero-order valence-corrected chi connectivity index (χ0v) is 11.4. The highest BCUT2D eigenvalue weighted by atomic mass is 19.3. The topological polar surface area (TPSA) is 38.7 Å². The number of aliphatic hydroxyl groups is 1. The molecule has 0 saturated heterocycles. The van der Waals surface area contributed by atoms with Crippen LogP contribution in [0.25, 0.3) is 0 Å². The zero-order valence-electron chi connectivity index (χ0n) is 11.4. The summed E-state index contributed by atoms with van der Waals surface area (Å²) in [6, 6.07) is 4.64. The quantitative estimate of drug-likeness (QED) is 0.895. The Balaban J connectivity index is 2.42. The van der Waals surface area contributed by atoms with Crippen molar-refractivity contribution in [3.8, 4) is 11.5 Å². The molecule has 1 heterocycles. The van der Waals surface area contributed by atoms with Gasteiger partial charge in [0.2, 0.25) is 0 Å². The van der Waals surface area contributed by atoms with Gasteiger partial charge in [0.1, 0.15) is 6.10 Å². The van der Waals surface area contributed by atoms with Gasteiger partial charge >= 0.3 is 0 Å². The predicted molar refractivity (Wildman–Crippen MR) is 66.5 cm³/mol. The molecule has 0 spiro atoms. The molecule has 0 amide bonds. The molecule has 0 bridgehead atoms. The first-order chi connectivity index (χ1) is 8.66. The summed E-state index contributed by atoms with van der Waals surface area (Å²) in [4.78, 5) is 0. The highest BCUT2D eigenvalue weighted by molar-refractivity contribution is 5.50. The minimum Gasteiger partial charge on any atom is -0.448 e. The van der Waals surface area contributed by atoms with Crippen molar-refractivity contribution in [2.45, 2.75) is 46.0 Å². The molecule has 1 aliphatic heterocycles. The lowest BCUT2D eigenvalue weighted by molar-refractivity contribution is -0.143. The molecule has 0 saturated carbocycles. The second-order valence-corrected chi connectivity index (χ2v) is 5.85. The fraction of sp³-hybridized carbons (Fsp3) is 0.571. The van der Waals surface area contributed by atoms with Crippen LogP contribution in [-0.4, -0.2) is 17.3 Å². The maximum absolute atomic E-state index is 12.7. The number of aliphatic hydroxyl groups excluding tert-OH is 1. The molecular formula is C14H18F2O3. The van der Waals surface area contributed by atoms with Crippen molar-refractivity contribution in [1.82, 2.24) is 0 Å². The lowest BCUT2D eigenvalue weighted by Gasteiger charge is -2.36. The Kier molecular flexibility index (Phi) is 3.21. The molecule has 2 atom stereocenters. The van der Waals surface area contributed by atoms with Crippen molar-refractivity contribution in [3.63, 3.8) is 0 Å². The van der Waals surface area contributed by atoms with Crippen LogP contribution in [0.5, 0.6) is 11.5 Å². The molecule has 106 valence electrons. The number of benzene rings is 1. The fourth-order valence-electron chi connectivity index (χ4n) is 1.82. The van der Waals surface area contributed by atoms with Crippen molar-refractivity contribution >= 4 is 0 Å². The third-order valence-corrected chi connectivity index (χ3v) is 3.53. The maximum Gasteiger partial charge on any atom is 0.268 e. The molecule has 0 radical (unpaired) electrons. The molecule has 3 nitrogen and oxygen atoms in total. The first-order valence-corrected chi connectivity index (χ1v) is 6.13. The molecule has 0 aliphatic carbocycles. The molecule has 1 N–H and O–H groups in total. The van der Waals surface area contributed by atoms with Gasteiger partial charge in [0.15, 0.2) is 11.5 Å². The highest BCUT2D eigenvalue weighted by Gasteiger charge is 2.48. The van der Waals surface area contributed by atoms with Crippen LogP contribution in [0.2, 0.25) is 0 Å². The number of alkyl halides is 2. The van der Waals surface area contributed by atoms with Crippen molar-refractivity contribution in [1.29, 1.82) is 0 Å². The minimum atomic E-state index is -2.86. The van der Waals surface area contributed by atoms with Gasteiger partial charge in [0.05, 0.1) is 0 Å². The van der Waals surface area contributed by atoms with E-state index in [0.29, 0.717) is 5.75 Å². The van der Waals surface area contributed by atoms with E-state index < -0.39 is 18.3 Å². The summed E-state index contributed by atoms with van der Waals surface area (Å²) in [5.74, 6) is -0.366. The van der Waals surface area contributed by atoms with E-state index in [0.717, 1.165) is 0 Å². The van der Waals surface area contributed by atoms with E-state index in [9.17, 15) is 13.9 Å². The van der Waals surface area contributed by atoms with Gasteiger partial charge in [-0.15, -0.1) is 0 Å². The second kappa shape index (κ2) is 4.34. The molecular weight excluding hydrogens is 254 g/mol. The first kappa shape index (κ1) is 14.1. The summed E-state index contributed by atoms with van der Waals surface area (Å²) in [5, 5.41) is 9.55. The van der Waals surface area contributed by atoms with E-state index >= 15 is 0 Å². The normalized spacial score (nSPS) is 23.8. The van der Waals surface area contributed by atoms with Gasteiger partial charge in [-0.1, -0.05) is 32.9 Å². The molecule has 0 fully saturated rings. The largest absolute Gasteiger partial charge is 0.448 e. The van der Waals surface area contributed by atoms with Crippen LogP contribution in [0, 0.1) is 5.41 Å². The van der Waals surface area contributed by atoms with Crippen molar-refractivity contribution in [3.05, 3.63) is 23.8 Å². The highest BCUT2D eigenvalue weighted by Crippen LogP contribution is 2.49. The monoisotopic (exact) mass is 272 g/mol. The van der Waals surface area contributed by atoms with Crippen molar-refractivity contribution < 1.29 is 23.4 Å². The van der Waals surface area contributed by atoms with E-state index in [4.69, 9.17) is 9.47 Å². The zero-order chi connectivity index (χ0) is 14.4. The number of halogens is 2. The van der Waals surface area contributed by atoms with Crippen LogP contribution in [0.3, 0.4) is 0 Å². The SMILES string of the molecule is CC(C)(C)[C@@]1(C)Oc2cccc([C@H](O)C(F)F)c2O1. The number of ether oxygens (including phenoxy) is 2. The summed E-state index contributed by atoms with van der Waals surface area (Å²) in [5.41, 5.74) is -0.292. The Morgan fingerprint density at radius 2 is 1.84 bits per heavy atom. The van der Waals surface area contributed by atoms with Gasteiger partial charge in [-0.3, -0.25) is 0 Å². The lowest BCUT2D eigenvalue weighted by Crippen LogP contribution is -2.47. The third-order valence-electron chi connectivity index (χ3n) is 3.53. The second-order valence-electron chi connectivity index (χ2n) is 5.85. The third kappa shape index (κ3) is 2.27. The summed E-state index contributed by atoms with van der Waals surface area (Å²) in [6.45, 7) is 7.55. The standard InChI is InChI=1S/C14H18F2O3/c1-13(2,3)14(4)18-9-7-5-6-8(11(9)19-14)10(17)12(15)16/h5-7,10,12,17H,1-4H3/t10-,14-/m0/s1. The molecule has 1 aromatic carbocycles. The lowest BCUT2D eigenvalue weighted by atomic mass is 9.87. The van der Waals surface area contributed by atoms with Gasteiger partial charge < -0.3 is 14.6 Å². The number of hydrogen-bond donors (Lipinski definition) is 1. The van der Waals surface area contributed by atoms with Crippen LogP contribution in [-0.2, 0) is 0 Å². The summed E-state index contributed by atoms with van der Waals surface area (Å²) < 4.78 is 36.8. The number of fused-ring (bicyclic) bond motifs is 1. The van der Waals surface area contributed by atoms with Crippen LogP contribution < -0.4 is 9.47 Å². The van der Waals surface area contributed by atoms with E-state index in [2.05, 4.69) is 0 Å². The van der Waals surface area contributed by atoms with Crippen molar-refractivity contribution in [2.24, 2.45) is 5.41 Å². The van der Waals surface area contributed by atoms with Gasteiger partial charge in [-0.05, 0) is 6.07 Å². The smallest absolute Gasteiger partial charge is 0.268 e. The Labute approximate surface area is 111 Å². The average Bonchev–Trinajstić information content (AvgIpc) is 2.64. The predicted octanol–water partition coefficient (Wildman–Crippen LogP) is 3.52. The average molecular weight is 272 g/mol. The van der Waals surface area contributed by atoms with Gasteiger partial charge in [0, 0.05) is 17.9 Å². The summed E-state index contributed by atoms with van der Waals surface area (Å²) >= 11 is 0. The van der Waals surface area contributed by atoms with Crippen LogP contribution in [0.15, 0.2) is 18.2 Å². The van der Waals surface area contributed by atoms with E-state index in [1.54, 1.807) is 19.1 Å². The van der Waals surface area contributed by atoms with E-state index in [1.165, 1.54) is 6.07 Å². The molecule has 1 aliphatic rings. The van der Waals surface area contributed by atoms with Crippen LogP contribution >= 0.6 is 0 Å². The Hall–Kier alpha value is -1.36. The molecule has 5 heteroatoms. The van der Waals surface area contributed by atoms with Gasteiger partial charge in [-0.2, -0.15) is 0 Å². The first-order valence-electron chi connectivity index (χ1n) is 6.13. The minimum absolute atomic E-state index is 0.0560. The summed E-state index contributed by atoms with van der Waals surface area (Å²) in [7, 11) is 0. The van der Waals surface area contributed by atoms with Gasteiger partial charge in [0.25, 0.3) is 12.2 Å². The van der Waals surface area contributed by atoms with Gasteiger partial charge in [-0.25, -0.2) is 8.78 Å².